The second-order valence-corrected chi connectivity index (χ2v) is 9.46. The Morgan fingerprint density at radius 3 is 2.59 bits per heavy atom. The SMILES string of the molecule is COc1ccc(C(CNC(=O)C2CCCN(C(=O)c3ccc(F)cc3)C2)c2c[nH]c3ccccc23)cc1. The number of rotatable bonds is 7. The second kappa shape index (κ2) is 10.9. The number of halogens is 1. The number of hydrogen-bond acceptors (Lipinski definition) is 3. The van der Waals surface area contributed by atoms with E-state index in [-0.39, 0.29) is 29.5 Å². The highest BCUT2D eigenvalue weighted by Crippen LogP contribution is 2.31. The molecule has 1 aliphatic heterocycles. The third kappa shape index (κ3) is 5.35. The van der Waals surface area contributed by atoms with Crippen LogP contribution in [0.1, 0.15) is 40.2 Å². The van der Waals surface area contributed by atoms with Gasteiger partial charge < -0.3 is 19.9 Å². The van der Waals surface area contributed by atoms with Gasteiger partial charge in [0.25, 0.3) is 5.91 Å². The number of carbonyl (C=O) groups excluding carboxylic acids is 2. The summed E-state index contributed by atoms with van der Waals surface area (Å²) in [4.78, 5) is 31.3. The van der Waals surface area contributed by atoms with Crippen LogP contribution in [0, 0.1) is 11.7 Å². The van der Waals surface area contributed by atoms with E-state index in [1.807, 2.05) is 48.7 Å². The van der Waals surface area contributed by atoms with E-state index in [1.54, 1.807) is 12.0 Å². The summed E-state index contributed by atoms with van der Waals surface area (Å²) in [5, 5.41) is 4.28. The lowest BCUT2D eigenvalue weighted by Crippen LogP contribution is -2.46. The Hall–Kier alpha value is -4.13. The summed E-state index contributed by atoms with van der Waals surface area (Å²) in [5.41, 5.74) is 3.66. The van der Waals surface area contributed by atoms with Gasteiger partial charge in [-0.1, -0.05) is 30.3 Å². The molecule has 190 valence electrons. The van der Waals surface area contributed by atoms with Crippen LogP contribution in [0.5, 0.6) is 5.75 Å². The van der Waals surface area contributed by atoms with Gasteiger partial charge in [0.2, 0.25) is 5.91 Å². The number of H-pyrrole nitrogens is 1. The standard InChI is InChI=1S/C30H30FN3O3/c1-37-24-14-10-20(11-15-24)26(27-18-32-28-7-3-2-6-25(27)28)17-33-29(35)22-5-4-16-34(19-22)30(36)21-8-12-23(31)13-9-21/h2-3,6-15,18,22,26,32H,4-5,16-17,19H2,1H3,(H,33,35). The van der Waals surface area contributed by atoms with Gasteiger partial charge in [-0.2, -0.15) is 0 Å². The predicted molar refractivity (Wildman–Crippen MR) is 141 cm³/mol. The minimum atomic E-state index is -0.380. The van der Waals surface area contributed by atoms with E-state index in [0.29, 0.717) is 25.2 Å². The summed E-state index contributed by atoms with van der Waals surface area (Å²) in [6.07, 6.45) is 3.48. The van der Waals surface area contributed by atoms with Crippen LogP contribution < -0.4 is 10.1 Å². The quantitative estimate of drug-likeness (QED) is 0.371. The maximum Gasteiger partial charge on any atom is 0.253 e. The van der Waals surface area contributed by atoms with Crippen LogP contribution in [0.4, 0.5) is 4.39 Å². The van der Waals surface area contributed by atoms with Crippen molar-refractivity contribution in [3.63, 3.8) is 0 Å². The van der Waals surface area contributed by atoms with Gasteiger partial charge in [0.05, 0.1) is 13.0 Å². The fourth-order valence-corrected chi connectivity index (χ4v) is 5.12. The van der Waals surface area contributed by atoms with Crippen LogP contribution in [0.2, 0.25) is 0 Å². The Kier molecular flexibility index (Phi) is 7.21. The first-order valence-electron chi connectivity index (χ1n) is 12.6. The molecule has 2 amide bonds. The monoisotopic (exact) mass is 499 g/mol. The van der Waals surface area contributed by atoms with Crippen LogP contribution in [0.25, 0.3) is 10.9 Å². The number of piperidine rings is 1. The Balaban J connectivity index is 1.31. The number of aromatic amines is 1. The molecule has 7 heteroatoms. The molecule has 0 saturated carbocycles. The van der Waals surface area contributed by atoms with Gasteiger partial charge in [-0.3, -0.25) is 9.59 Å². The minimum absolute atomic E-state index is 0.0602. The Labute approximate surface area is 215 Å². The molecule has 2 atom stereocenters. The smallest absolute Gasteiger partial charge is 0.253 e. The van der Waals surface area contributed by atoms with Crippen molar-refractivity contribution < 1.29 is 18.7 Å². The van der Waals surface area contributed by atoms with Crippen LogP contribution >= 0.6 is 0 Å². The Morgan fingerprint density at radius 2 is 1.84 bits per heavy atom. The van der Waals surface area contributed by atoms with E-state index in [4.69, 9.17) is 4.74 Å². The third-order valence-electron chi connectivity index (χ3n) is 7.17. The van der Waals surface area contributed by atoms with Crippen molar-refractivity contribution in [3.05, 3.63) is 102 Å². The Bertz CT molecular complexity index is 1380. The fourth-order valence-electron chi connectivity index (χ4n) is 5.12. The molecule has 2 N–H and O–H groups in total. The molecule has 4 aromatic rings. The molecule has 0 aliphatic carbocycles. The van der Waals surface area contributed by atoms with Crippen molar-refractivity contribution in [1.82, 2.24) is 15.2 Å². The number of nitrogens with one attached hydrogen (secondary N) is 2. The summed E-state index contributed by atoms with van der Waals surface area (Å²) in [7, 11) is 1.64. The summed E-state index contributed by atoms with van der Waals surface area (Å²) >= 11 is 0. The molecule has 0 spiro atoms. The van der Waals surface area contributed by atoms with Crippen molar-refractivity contribution in [2.45, 2.75) is 18.8 Å². The molecular formula is C30H30FN3O3. The molecule has 1 aromatic heterocycles. The number of para-hydroxylation sites is 1. The van der Waals surface area contributed by atoms with Gasteiger partial charge in [-0.05, 0) is 66.4 Å². The van der Waals surface area contributed by atoms with Crippen LogP contribution in [0.15, 0.2) is 79.0 Å². The molecule has 5 rings (SSSR count). The first-order valence-corrected chi connectivity index (χ1v) is 12.6. The first kappa shape index (κ1) is 24.6. The number of amides is 2. The van der Waals surface area contributed by atoms with Gasteiger partial charge in [0.1, 0.15) is 11.6 Å². The molecule has 1 aliphatic rings. The number of carbonyl (C=O) groups is 2. The molecule has 1 fully saturated rings. The van der Waals surface area contributed by atoms with Crippen LogP contribution in [-0.2, 0) is 4.79 Å². The molecule has 6 nitrogen and oxygen atoms in total. The van der Waals surface area contributed by atoms with E-state index < -0.39 is 0 Å². The average molecular weight is 500 g/mol. The highest BCUT2D eigenvalue weighted by atomic mass is 19.1. The molecule has 37 heavy (non-hydrogen) atoms. The van der Waals surface area contributed by atoms with E-state index in [0.717, 1.165) is 40.6 Å². The number of aromatic nitrogens is 1. The Morgan fingerprint density at radius 1 is 1.08 bits per heavy atom. The fraction of sp³-hybridized carbons (Fsp3) is 0.267. The van der Waals surface area contributed by atoms with Crippen molar-refractivity contribution in [1.29, 1.82) is 0 Å². The predicted octanol–water partition coefficient (Wildman–Crippen LogP) is 5.12. The molecular weight excluding hydrogens is 469 g/mol. The number of methoxy groups -OCH3 is 1. The molecule has 2 heterocycles. The topological polar surface area (TPSA) is 74.4 Å². The maximum absolute atomic E-state index is 13.3. The normalized spacial score (nSPS) is 16.4. The largest absolute Gasteiger partial charge is 0.497 e. The molecule has 1 saturated heterocycles. The average Bonchev–Trinajstić information content (AvgIpc) is 3.37. The summed E-state index contributed by atoms with van der Waals surface area (Å²) in [6, 6.07) is 21.6. The summed E-state index contributed by atoms with van der Waals surface area (Å²) < 4.78 is 18.6. The maximum atomic E-state index is 13.3. The van der Waals surface area contributed by atoms with Crippen molar-refractivity contribution >= 4 is 22.7 Å². The number of ether oxygens (including phenoxy) is 1. The van der Waals surface area contributed by atoms with Gasteiger partial charge in [0, 0.05) is 48.2 Å². The lowest BCUT2D eigenvalue weighted by Gasteiger charge is -2.32. The molecule has 2 unspecified atom stereocenters. The van der Waals surface area contributed by atoms with Gasteiger partial charge >= 0.3 is 0 Å². The zero-order valence-electron chi connectivity index (χ0n) is 20.7. The van der Waals surface area contributed by atoms with E-state index >= 15 is 0 Å². The molecule has 3 aromatic carbocycles. The second-order valence-electron chi connectivity index (χ2n) is 9.46. The number of fused-ring (bicyclic) bond motifs is 1. The van der Waals surface area contributed by atoms with Crippen molar-refractivity contribution in [2.75, 3.05) is 26.7 Å². The first-order chi connectivity index (χ1) is 18.0. The van der Waals surface area contributed by atoms with Gasteiger partial charge in [-0.15, -0.1) is 0 Å². The molecule has 0 radical (unpaired) electrons. The number of nitrogens with zero attached hydrogens (tertiary/aromatic N) is 1. The minimum Gasteiger partial charge on any atom is -0.497 e. The highest BCUT2D eigenvalue weighted by molar-refractivity contribution is 5.94. The summed E-state index contributed by atoms with van der Waals surface area (Å²) in [5.74, 6) is -0.195. The van der Waals surface area contributed by atoms with Crippen LogP contribution in [-0.4, -0.2) is 48.4 Å². The van der Waals surface area contributed by atoms with E-state index in [9.17, 15) is 14.0 Å². The van der Waals surface area contributed by atoms with Gasteiger partial charge in [0.15, 0.2) is 0 Å². The van der Waals surface area contributed by atoms with Crippen molar-refractivity contribution in [3.8, 4) is 5.75 Å². The third-order valence-corrected chi connectivity index (χ3v) is 7.17. The molecule has 0 bridgehead atoms. The summed E-state index contributed by atoms with van der Waals surface area (Å²) in [6.45, 7) is 1.36. The lowest BCUT2D eigenvalue weighted by atomic mass is 9.90. The zero-order valence-corrected chi connectivity index (χ0v) is 20.7. The van der Waals surface area contributed by atoms with Crippen molar-refractivity contribution in [2.24, 2.45) is 5.92 Å². The lowest BCUT2D eigenvalue weighted by molar-refractivity contribution is -0.126. The highest BCUT2D eigenvalue weighted by Gasteiger charge is 2.30. The van der Waals surface area contributed by atoms with Crippen LogP contribution in [0.3, 0.4) is 0 Å². The van der Waals surface area contributed by atoms with Gasteiger partial charge in [-0.25, -0.2) is 4.39 Å². The van der Waals surface area contributed by atoms with E-state index in [1.165, 1.54) is 24.3 Å². The zero-order chi connectivity index (χ0) is 25.8. The van der Waals surface area contributed by atoms with E-state index in [2.05, 4.69) is 16.4 Å². The number of benzene rings is 3. The number of hydrogen-bond donors (Lipinski definition) is 2. The number of likely N-dealkylation sites (tertiary alicyclic amines) is 1.